The number of rotatable bonds is 7. The predicted octanol–water partition coefficient (Wildman–Crippen LogP) is 5.55. The fraction of sp³-hybridized carbons (Fsp3) is 0.143. The van der Waals surface area contributed by atoms with Crippen LogP contribution in [0.1, 0.15) is 17.5 Å². The highest BCUT2D eigenvalue weighted by Crippen LogP contribution is 2.27. The molecule has 0 saturated carbocycles. The Morgan fingerprint density at radius 3 is 2.54 bits per heavy atom. The SMILES string of the molecule is CC(CSc1ccccc1)C(=O)Nc1ccc(NC(=O)c2ccco2)c(Cl)c1. The quantitative estimate of drug-likeness (QED) is 0.497. The third-order valence-electron chi connectivity index (χ3n) is 3.92. The number of thioether (sulfide) groups is 1. The number of furan rings is 1. The van der Waals surface area contributed by atoms with Crippen molar-refractivity contribution in [2.45, 2.75) is 11.8 Å². The Bertz CT molecular complexity index is 946. The van der Waals surface area contributed by atoms with E-state index in [-0.39, 0.29) is 17.6 Å². The highest BCUT2D eigenvalue weighted by Gasteiger charge is 2.15. The van der Waals surface area contributed by atoms with Crippen LogP contribution in [0.3, 0.4) is 0 Å². The van der Waals surface area contributed by atoms with E-state index < -0.39 is 5.91 Å². The molecule has 3 rings (SSSR count). The number of benzene rings is 2. The van der Waals surface area contributed by atoms with E-state index in [1.807, 2.05) is 37.3 Å². The maximum Gasteiger partial charge on any atom is 0.291 e. The first-order valence-corrected chi connectivity index (χ1v) is 10.0. The molecule has 0 spiro atoms. The topological polar surface area (TPSA) is 71.3 Å². The molecule has 5 nitrogen and oxygen atoms in total. The predicted molar refractivity (Wildman–Crippen MR) is 113 cm³/mol. The number of hydrogen-bond acceptors (Lipinski definition) is 4. The lowest BCUT2D eigenvalue weighted by molar-refractivity contribution is -0.118. The average molecular weight is 415 g/mol. The highest BCUT2D eigenvalue weighted by molar-refractivity contribution is 7.99. The van der Waals surface area contributed by atoms with Crippen molar-refractivity contribution < 1.29 is 14.0 Å². The summed E-state index contributed by atoms with van der Waals surface area (Å²) in [6, 6.07) is 18.1. The Kier molecular flexibility index (Phi) is 6.79. The second kappa shape index (κ2) is 9.48. The summed E-state index contributed by atoms with van der Waals surface area (Å²) < 4.78 is 5.05. The van der Waals surface area contributed by atoms with E-state index >= 15 is 0 Å². The van der Waals surface area contributed by atoms with Crippen molar-refractivity contribution in [3.05, 3.63) is 77.7 Å². The van der Waals surface area contributed by atoms with Gasteiger partial charge in [0.15, 0.2) is 5.76 Å². The van der Waals surface area contributed by atoms with Crippen molar-refractivity contribution in [3.8, 4) is 0 Å². The van der Waals surface area contributed by atoms with Crippen LogP contribution in [0.4, 0.5) is 11.4 Å². The summed E-state index contributed by atoms with van der Waals surface area (Å²) in [5, 5.41) is 5.86. The minimum atomic E-state index is -0.393. The lowest BCUT2D eigenvalue weighted by atomic mass is 10.2. The van der Waals surface area contributed by atoms with Crippen LogP contribution in [-0.2, 0) is 4.79 Å². The minimum Gasteiger partial charge on any atom is -0.459 e. The van der Waals surface area contributed by atoms with Crippen molar-refractivity contribution >= 4 is 46.6 Å². The Hall–Kier alpha value is -2.70. The van der Waals surface area contributed by atoms with Crippen molar-refractivity contribution in [1.82, 2.24) is 0 Å². The first kappa shape index (κ1) is 20.0. The summed E-state index contributed by atoms with van der Waals surface area (Å²) in [5.74, 6) is 0.198. The third-order valence-corrected chi connectivity index (χ3v) is 5.51. The summed E-state index contributed by atoms with van der Waals surface area (Å²) in [5.41, 5.74) is 1.01. The van der Waals surface area contributed by atoms with Gasteiger partial charge in [0.05, 0.1) is 17.0 Å². The molecule has 7 heteroatoms. The van der Waals surface area contributed by atoms with Crippen molar-refractivity contribution in [1.29, 1.82) is 0 Å². The van der Waals surface area contributed by atoms with Gasteiger partial charge in [-0.05, 0) is 42.5 Å². The molecule has 1 heterocycles. The molecule has 0 fully saturated rings. The number of halogens is 1. The van der Waals surface area contributed by atoms with Gasteiger partial charge in [-0.1, -0.05) is 36.7 Å². The molecule has 1 unspecified atom stereocenters. The molecule has 0 bridgehead atoms. The van der Waals surface area contributed by atoms with Crippen LogP contribution < -0.4 is 10.6 Å². The lowest BCUT2D eigenvalue weighted by Crippen LogP contribution is -2.22. The molecule has 2 N–H and O–H groups in total. The normalized spacial score (nSPS) is 11.6. The second-order valence-electron chi connectivity index (χ2n) is 6.14. The summed E-state index contributed by atoms with van der Waals surface area (Å²) >= 11 is 7.87. The van der Waals surface area contributed by atoms with Gasteiger partial charge >= 0.3 is 0 Å². The molecule has 1 atom stereocenters. The van der Waals surface area contributed by atoms with E-state index in [9.17, 15) is 9.59 Å². The smallest absolute Gasteiger partial charge is 0.291 e. The zero-order chi connectivity index (χ0) is 19.9. The van der Waals surface area contributed by atoms with Gasteiger partial charge in [0.1, 0.15) is 0 Å². The molecule has 0 aliphatic heterocycles. The molecule has 28 heavy (non-hydrogen) atoms. The number of amides is 2. The zero-order valence-corrected chi connectivity index (χ0v) is 16.7. The number of nitrogens with one attached hydrogen (secondary N) is 2. The van der Waals surface area contributed by atoms with E-state index in [0.29, 0.717) is 22.2 Å². The summed E-state index contributed by atoms with van der Waals surface area (Å²) in [7, 11) is 0. The summed E-state index contributed by atoms with van der Waals surface area (Å²) in [6.07, 6.45) is 1.42. The van der Waals surface area contributed by atoms with Crippen LogP contribution in [0.25, 0.3) is 0 Å². The van der Waals surface area contributed by atoms with Crippen LogP contribution >= 0.6 is 23.4 Å². The van der Waals surface area contributed by atoms with Crippen LogP contribution in [0.5, 0.6) is 0 Å². The third kappa shape index (κ3) is 5.41. The van der Waals surface area contributed by atoms with Gasteiger partial charge < -0.3 is 15.1 Å². The van der Waals surface area contributed by atoms with E-state index in [1.54, 1.807) is 42.1 Å². The van der Waals surface area contributed by atoms with Crippen LogP contribution in [-0.4, -0.2) is 17.6 Å². The first-order valence-electron chi connectivity index (χ1n) is 8.66. The largest absolute Gasteiger partial charge is 0.459 e. The fourth-order valence-electron chi connectivity index (χ4n) is 2.36. The zero-order valence-electron chi connectivity index (χ0n) is 15.1. The highest BCUT2D eigenvalue weighted by atomic mass is 35.5. The fourth-order valence-corrected chi connectivity index (χ4v) is 3.54. The van der Waals surface area contributed by atoms with Gasteiger partial charge in [0, 0.05) is 22.3 Å². The van der Waals surface area contributed by atoms with Gasteiger partial charge in [0.2, 0.25) is 5.91 Å². The second-order valence-corrected chi connectivity index (χ2v) is 7.64. The summed E-state index contributed by atoms with van der Waals surface area (Å²) in [4.78, 5) is 25.6. The molecule has 2 aromatic carbocycles. The molecule has 1 aromatic heterocycles. The Morgan fingerprint density at radius 2 is 1.86 bits per heavy atom. The standard InChI is InChI=1S/C21H19ClN2O3S/c1-14(13-28-16-6-3-2-4-7-16)20(25)23-15-9-10-18(17(22)12-15)24-21(26)19-8-5-11-27-19/h2-12,14H,13H2,1H3,(H,23,25)(H,24,26). The van der Waals surface area contributed by atoms with Gasteiger partial charge in [-0.25, -0.2) is 0 Å². The van der Waals surface area contributed by atoms with E-state index in [4.69, 9.17) is 16.0 Å². The molecule has 2 amide bonds. The first-order chi connectivity index (χ1) is 13.5. The molecule has 0 aliphatic carbocycles. The van der Waals surface area contributed by atoms with Crippen LogP contribution in [0, 0.1) is 5.92 Å². The van der Waals surface area contributed by atoms with Crippen molar-refractivity contribution in [2.24, 2.45) is 5.92 Å². The van der Waals surface area contributed by atoms with E-state index in [1.165, 1.54) is 6.26 Å². The van der Waals surface area contributed by atoms with Crippen molar-refractivity contribution in [2.75, 3.05) is 16.4 Å². The maximum atomic E-state index is 12.4. The molecule has 0 radical (unpaired) electrons. The molecular weight excluding hydrogens is 396 g/mol. The van der Waals surface area contributed by atoms with Gasteiger partial charge in [-0.15, -0.1) is 11.8 Å². The Balaban J connectivity index is 1.55. The molecule has 0 aliphatic rings. The minimum absolute atomic E-state index is 0.0909. The average Bonchev–Trinajstić information content (AvgIpc) is 3.24. The van der Waals surface area contributed by atoms with Gasteiger partial charge in [-0.3, -0.25) is 9.59 Å². The van der Waals surface area contributed by atoms with E-state index in [2.05, 4.69) is 10.6 Å². The Labute approximate surface area is 172 Å². The molecule has 144 valence electrons. The summed E-state index contributed by atoms with van der Waals surface area (Å²) in [6.45, 7) is 1.88. The number of carbonyl (C=O) groups excluding carboxylic acids is 2. The number of carbonyl (C=O) groups is 2. The monoisotopic (exact) mass is 414 g/mol. The maximum absolute atomic E-state index is 12.4. The number of hydrogen-bond donors (Lipinski definition) is 2. The van der Waals surface area contributed by atoms with Gasteiger partial charge in [0.25, 0.3) is 5.91 Å². The number of anilines is 2. The molecular formula is C21H19ClN2O3S. The Morgan fingerprint density at radius 1 is 1.07 bits per heavy atom. The van der Waals surface area contributed by atoms with E-state index in [0.717, 1.165) is 4.90 Å². The van der Waals surface area contributed by atoms with Crippen LogP contribution in [0.2, 0.25) is 5.02 Å². The molecule has 0 saturated heterocycles. The lowest BCUT2D eigenvalue weighted by Gasteiger charge is -2.13. The van der Waals surface area contributed by atoms with Crippen LogP contribution in [0.15, 0.2) is 76.2 Å². The van der Waals surface area contributed by atoms with Crippen molar-refractivity contribution in [3.63, 3.8) is 0 Å². The van der Waals surface area contributed by atoms with Gasteiger partial charge in [-0.2, -0.15) is 0 Å². The molecule has 3 aromatic rings.